The van der Waals surface area contributed by atoms with Crippen LogP contribution in [0.1, 0.15) is 5.56 Å². The van der Waals surface area contributed by atoms with Gasteiger partial charge in [0.2, 0.25) is 5.95 Å². The molecule has 0 spiro atoms. The fraction of sp³-hybridized carbons (Fsp3) is 0.0833. The van der Waals surface area contributed by atoms with E-state index in [9.17, 15) is 0 Å². The Labute approximate surface area is 163 Å². The molecule has 0 aliphatic rings. The van der Waals surface area contributed by atoms with Crippen LogP contribution in [0.4, 0.5) is 5.95 Å². The molecule has 0 amide bonds. The van der Waals surface area contributed by atoms with Gasteiger partial charge in [-0.2, -0.15) is 0 Å². The Morgan fingerprint density at radius 2 is 1.68 bits per heavy atom. The molecular formula is C24H20N4. The van der Waals surface area contributed by atoms with E-state index in [1.165, 1.54) is 16.3 Å². The lowest BCUT2D eigenvalue weighted by Gasteiger charge is -2.10. The minimum Gasteiger partial charge on any atom is -0.359 e. The molecule has 0 bridgehead atoms. The molecule has 4 nitrogen and oxygen atoms in total. The normalized spacial score (nSPS) is 11.2. The summed E-state index contributed by atoms with van der Waals surface area (Å²) in [6.07, 6.45) is 1.87. The summed E-state index contributed by atoms with van der Waals surface area (Å²) in [5.41, 5.74) is 5.30. The molecule has 5 rings (SSSR count). The second kappa shape index (κ2) is 6.82. The first-order valence-electron chi connectivity index (χ1n) is 9.39. The number of hydrogen-bond donors (Lipinski definition) is 1. The van der Waals surface area contributed by atoms with Crippen molar-refractivity contribution in [2.45, 2.75) is 6.54 Å². The van der Waals surface area contributed by atoms with E-state index in [1.54, 1.807) is 0 Å². The van der Waals surface area contributed by atoms with Gasteiger partial charge in [-0.25, -0.2) is 4.98 Å². The van der Waals surface area contributed by atoms with E-state index in [0.717, 1.165) is 34.8 Å². The molecule has 0 atom stereocenters. The molecule has 2 heterocycles. The molecule has 0 saturated heterocycles. The van der Waals surface area contributed by atoms with Crippen LogP contribution in [0.3, 0.4) is 0 Å². The van der Waals surface area contributed by atoms with Crippen LogP contribution in [0.15, 0.2) is 85.1 Å². The lowest BCUT2D eigenvalue weighted by Crippen LogP contribution is -2.05. The van der Waals surface area contributed by atoms with Crippen molar-refractivity contribution in [2.75, 3.05) is 12.4 Å². The van der Waals surface area contributed by atoms with Gasteiger partial charge in [0.1, 0.15) is 5.52 Å². The van der Waals surface area contributed by atoms with Crippen LogP contribution >= 0.6 is 0 Å². The third kappa shape index (κ3) is 2.79. The number of aromatic nitrogens is 3. The van der Waals surface area contributed by atoms with Gasteiger partial charge in [-0.05, 0) is 22.4 Å². The Bertz CT molecular complexity index is 1270. The van der Waals surface area contributed by atoms with Crippen molar-refractivity contribution < 1.29 is 0 Å². The maximum Gasteiger partial charge on any atom is 0.203 e. The molecule has 0 aliphatic heterocycles. The minimum absolute atomic E-state index is 0.756. The van der Waals surface area contributed by atoms with E-state index in [4.69, 9.17) is 9.97 Å². The van der Waals surface area contributed by atoms with E-state index in [-0.39, 0.29) is 0 Å². The molecule has 5 aromatic rings. The van der Waals surface area contributed by atoms with Crippen LogP contribution in [0.5, 0.6) is 0 Å². The van der Waals surface area contributed by atoms with E-state index < -0.39 is 0 Å². The maximum absolute atomic E-state index is 4.72. The minimum atomic E-state index is 0.756. The van der Waals surface area contributed by atoms with Gasteiger partial charge in [-0.1, -0.05) is 72.8 Å². The van der Waals surface area contributed by atoms with E-state index in [0.29, 0.717) is 0 Å². The average molecular weight is 364 g/mol. The van der Waals surface area contributed by atoms with Crippen molar-refractivity contribution in [3.63, 3.8) is 0 Å². The van der Waals surface area contributed by atoms with E-state index in [2.05, 4.69) is 82.7 Å². The number of benzene rings is 3. The summed E-state index contributed by atoms with van der Waals surface area (Å²) >= 11 is 0. The van der Waals surface area contributed by atoms with Gasteiger partial charge in [0.05, 0.1) is 24.0 Å². The van der Waals surface area contributed by atoms with Gasteiger partial charge < -0.3 is 9.88 Å². The van der Waals surface area contributed by atoms with Crippen molar-refractivity contribution in [2.24, 2.45) is 0 Å². The topological polar surface area (TPSA) is 42.7 Å². The maximum atomic E-state index is 4.72. The second-order valence-corrected chi connectivity index (χ2v) is 6.84. The summed E-state index contributed by atoms with van der Waals surface area (Å²) in [4.78, 5) is 9.43. The number of nitrogens with zero attached hydrogens (tertiary/aromatic N) is 3. The quantitative estimate of drug-likeness (QED) is 0.468. The summed E-state index contributed by atoms with van der Waals surface area (Å²) < 4.78 is 2.21. The smallest absolute Gasteiger partial charge is 0.203 e. The fourth-order valence-electron chi connectivity index (χ4n) is 3.74. The molecule has 4 heteroatoms. The molecule has 0 saturated carbocycles. The molecule has 0 fully saturated rings. The van der Waals surface area contributed by atoms with Gasteiger partial charge in [-0.3, -0.25) is 4.98 Å². The molecular weight excluding hydrogens is 344 g/mol. The molecule has 2 aromatic heterocycles. The van der Waals surface area contributed by atoms with Gasteiger partial charge >= 0.3 is 0 Å². The van der Waals surface area contributed by atoms with Crippen molar-refractivity contribution in [1.82, 2.24) is 14.5 Å². The first kappa shape index (κ1) is 16.5. The van der Waals surface area contributed by atoms with Crippen molar-refractivity contribution >= 4 is 27.8 Å². The van der Waals surface area contributed by atoms with Crippen molar-refractivity contribution in [1.29, 1.82) is 0 Å². The van der Waals surface area contributed by atoms with Crippen LogP contribution in [0.25, 0.3) is 33.1 Å². The lowest BCUT2D eigenvalue weighted by atomic mass is 10.0. The third-order valence-corrected chi connectivity index (χ3v) is 5.11. The van der Waals surface area contributed by atoms with Gasteiger partial charge in [-0.15, -0.1) is 0 Å². The van der Waals surface area contributed by atoms with Crippen LogP contribution < -0.4 is 5.32 Å². The highest BCUT2D eigenvalue weighted by atomic mass is 15.2. The predicted octanol–water partition coefficient (Wildman–Crippen LogP) is 5.34. The van der Waals surface area contributed by atoms with Crippen LogP contribution in [-0.4, -0.2) is 21.6 Å². The summed E-state index contributed by atoms with van der Waals surface area (Å²) in [6, 6.07) is 27.4. The number of imidazole rings is 1. The zero-order valence-electron chi connectivity index (χ0n) is 15.6. The summed E-state index contributed by atoms with van der Waals surface area (Å²) in [5.74, 6) is 0.843. The molecule has 0 unspecified atom stereocenters. The standard InChI is InChI=1S/C24H20N4/c1-25-24-27-22-15-26-21(20-13-7-11-18-10-5-6-12-19(18)20)14-23(22)28(24)16-17-8-3-2-4-9-17/h2-15H,16H2,1H3,(H,25,27). The number of anilines is 1. The highest BCUT2D eigenvalue weighted by Gasteiger charge is 2.13. The predicted molar refractivity (Wildman–Crippen MR) is 116 cm³/mol. The molecule has 136 valence electrons. The van der Waals surface area contributed by atoms with Crippen molar-refractivity contribution in [3.8, 4) is 11.3 Å². The first-order valence-corrected chi connectivity index (χ1v) is 9.39. The third-order valence-electron chi connectivity index (χ3n) is 5.11. The monoisotopic (exact) mass is 364 g/mol. The Morgan fingerprint density at radius 1 is 0.893 bits per heavy atom. The largest absolute Gasteiger partial charge is 0.359 e. The first-order chi connectivity index (χ1) is 13.8. The Hall–Kier alpha value is -3.66. The fourth-order valence-corrected chi connectivity index (χ4v) is 3.74. The van der Waals surface area contributed by atoms with E-state index >= 15 is 0 Å². The lowest BCUT2D eigenvalue weighted by molar-refractivity contribution is 0.832. The zero-order valence-corrected chi connectivity index (χ0v) is 15.6. The molecule has 28 heavy (non-hydrogen) atoms. The molecule has 0 radical (unpaired) electrons. The number of hydrogen-bond acceptors (Lipinski definition) is 3. The van der Waals surface area contributed by atoms with Gasteiger partial charge in [0, 0.05) is 12.6 Å². The van der Waals surface area contributed by atoms with Crippen LogP contribution in [0.2, 0.25) is 0 Å². The molecule has 1 N–H and O–H groups in total. The van der Waals surface area contributed by atoms with Gasteiger partial charge in [0.15, 0.2) is 0 Å². The van der Waals surface area contributed by atoms with E-state index in [1.807, 2.05) is 19.3 Å². The Morgan fingerprint density at radius 3 is 2.54 bits per heavy atom. The summed E-state index contributed by atoms with van der Waals surface area (Å²) in [5, 5.41) is 5.64. The highest BCUT2D eigenvalue weighted by Crippen LogP contribution is 2.30. The Balaban J connectivity index is 1.69. The summed E-state index contributed by atoms with van der Waals surface area (Å²) in [6.45, 7) is 0.756. The van der Waals surface area contributed by atoms with Gasteiger partial charge in [0.25, 0.3) is 0 Å². The number of nitrogens with one attached hydrogen (secondary N) is 1. The molecule has 0 aliphatic carbocycles. The number of pyridine rings is 1. The average Bonchev–Trinajstić information content (AvgIpc) is 3.11. The zero-order chi connectivity index (χ0) is 18.9. The number of rotatable bonds is 4. The summed E-state index contributed by atoms with van der Waals surface area (Å²) in [7, 11) is 1.90. The second-order valence-electron chi connectivity index (χ2n) is 6.84. The van der Waals surface area contributed by atoms with Crippen molar-refractivity contribution in [3.05, 3.63) is 90.6 Å². The number of fused-ring (bicyclic) bond motifs is 2. The highest BCUT2D eigenvalue weighted by molar-refractivity contribution is 5.97. The van der Waals surface area contributed by atoms with Crippen LogP contribution in [-0.2, 0) is 6.54 Å². The molecule has 3 aromatic carbocycles. The Kier molecular flexibility index (Phi) is 4.02. The SMILES string of the molecule is CNc1nc2cnc(-c3cccc4ccccc34)cc2n1Cc1ccccc1. The van der Waals surface area contributed by atoms with Crippen LogP contribution in [0, 0.1) is 0 Å².